The average molecular weight is 332 g/mol. The van der Waals surface area contributed by atoms with Crippen LogP contribution in [0, 0.1) is 5.92 Å². The molecule has 0 aliphatic carbocycles. The topological polar surface area (TPSA) is 87.7 Å². The number of hydrogen-bond acceptors (Lipinski definition) is 4. The molecule has 0 saturated carbocycles. The maximum Gasteiger partial charge on any atom is 0.573 e. The van der Waals surface area contributed by atoms with Gasteiger partial charge in [0.05, 0.1) is 6.10 Å². The summed E-state index contributed by atoms with van der Waals surface area (Å²) in [6, 6.07) is 4.96. The number of aliphatic hydroxyl groups excluding tert-OH is 1. The molecule has 1 aliphatic heterocycles. The van der Waals surface area contributed by atoms with E-state index in [0.29, 0.717) is 12.1 Å². The van der Waals surface area contributed by atoms with E-state index < -0.39 is 30.2 Å². The Kier molecular flexibility index (Phi) is 5.09. The minimum Gasteiger partial charge on any atom is -0.406 e. The SMILES string of the molecule is O=C1NCCC(O)C1C(=O)NCc1ccc(OC(F)(F)F)cc1. The number of nitrogens with one attached hydrogen (secondary N) is 2. The average Bonchev–Trinajstić information content (AvgIpc) is 2.45. The van der Waals surface area contributed by atoms with Crippen molar-refractivity contribution in [2.75, 3.05) is 6.54 Å². The number of hydrogen-bond donors (Lipinski definition) is 3. The maximum atomic E-state index is 12.0. The summed E-state index contributed by atoms with van der Waals surface area (Å²) in [5, 5.41) is 14.7. The van der Waals surface area contributed by atoms with E-state index in [1.165, 1.54) is 12.1 Å². The van der Waals surface area contributed by atoms with E-state index in [2.05, 4.69) is 15.4 Å². The molecule has 126 valence electrons. The summed E-state index contributed by atoms with van der Waals surface area (Å²) in [4.78, 5) is 23.5. The van der Waals surface area contributed by atoms with Crippen molar-refractivity contribution in [1.29, 1.82) is 0 Å². The molecule has 3 N–H and O–H groups in total. The van der Waals surface area contributed by atoms with Crippen LogP contribution in [0.2, 0.25) is 0 Å². The second kappa shape index (κ2) is 6.86. The third kappa shape index (κ3) is 4.85. The van der Waals surface area contributed by atoms with Crippen LogP contribution in [-0.2, 0) is 16.1 Å². The van der Waals surface area contributed by atoms with E-state index >= 15 is 0 Å². The maximum absolute atomic E-state index is 12.0. The minimum absolute atomic E-state index is 0.0155. The molecule has 0 spiro atoms. The number of ether oxygens (including phenoxy) is 1. The fourth-order valence-corrected chi connectivity index (χ4v) is 2.20. The van der Waals surface area contributed by atoms with E-state index in [1.807, 2.05) is 0 Å². The van der Waals surface area contributed by atoms with Gasteiger partial charge in [-0.2, -0.15) is 0 Å². The largest absolute Gasteiger partial charge is 0.573 e. The first-order valence-corrected chi connectivity index (χ1v) is 6.84. The van der Waals surface area contributed by atoms with E-state index in [-0.39, 0.29) is 18.7 Å². The predicted octanol–water partition coefficient (Wildman–Crippen LogP) is 0.698. The number of halogens is 3. The van der Waals surface area contributed by atoms with Crippen molar-refractivity contribution in [2.24, 2.45) is 5.92 Å². The lowest BCUT2D eigenvalue weighted by Crippen LogP contribution is -2.51. The third-order valence-electron chi connectivity index (χ3n) is 3.31. The quantitative estimate of drug-likeness (QED) is 0.708. The van der Waals surface area contributed by atoms with Crippen LogP contribution < -0.4 is 15.4 Å². The first kappa shape index (κ1) is 17.1. The molecule has 0 aromatic heterocycles. The number of alkyl halides is 3. The molecule has 9 heteroatoms. The lowest BCUT2D eigenvalue weighted by Gasteiger charge is -2.26. The van der Waals surface area contributed by atoms with Crippen molar-refractivity contribution in [3.8, 4) is 5.75 Å². The van der Waals surface area contributed by atoms with Gasteiger partial charge < -0.3 is 20.5 Å². The lowest BCUT2D eigenvalue weighted by atomic mass is 9.94. The van der Waals surface area contributed by atoms with Crippen molar-refractivity contribution >= 4 is 11.8 Å². The highest BCUT2D eigenvalue weighted by atomic mass is 19.4. The molecule has 2 unspecified atom stereocenters. The van der Waals surface area contributed by atoms with Gasteiger partial charge in [-0.25, -0.2) is 0 Å². The number of piperidine rings is 1. The summed E-state index contributed by atoms with van der Waals surface area (Å²) in [5.41, 5.74) is 0.526. The summed E-state index contributed by atoms with van der Waals surface area (Å²) >= 11 is 0. The number of amides is 2. The monoisotopic (exact) mass is 332 g/mol. The first-order chi connectivity index (χ1) is 10.8. The Morgan fingerprint density at radius 2 is 2.00 bits per heavy atom. The normalized spacial score (nSPS) is 21.5. The van der Waals surface area contributed by atoms with E-state index in [4.69, 9.17) is 0 Å². The van der Waals surface area contributed by atoms with Crippen LogP contribution in [-0.4, -0.2) is 35.9 Å². The first-order valence-electron chi connectivity index (χ1n) is 6.84. The van der Waals surface area contributed by atoms with Gasteiger partial charge in [0.15, 0.2) is 0 Å². The molecule has 1 fully saturated rings. The van der Waals surface area contributed by atoms with Gasteiger partial charge in [-0.3, -0.25) is 9.59 Å². The van der Waals surface area contributed by atoms with Crippen LogP contribution in [0.1, 0.15) is 12.0 Å². The van der Waals surface area contributed by atoms with Crippen molar-refractivity contribution in [3.05, 3.63) is 29.8 Å². The van der Waals surface area contributed by atoms with Gasteiger partial charge in [-0.15, -0.1) is 13.2 Å². The Balaban J connectivity index is 1.90. The van der Waals surface area contributed by atoms with Crippen molar-refractivity contribution in [1.82, 2.24) is 10.6 Å². The predicted molar refractivity (Wildman–Crippen MR) is 72.1 cm³/mol. The molecule has 0 bridgehead atoms. The molecule has 1 heterocycles. The van der Waals surface area contributed by atoms with Crippen LogP contribution in [0.25, 0.3) is 0 Å². The Hall–Kier alpha value is -2.29. The minimum atomic E-state index is -4.76. The van der Waals surface area contributed by atoms with Gasteiger partial charge in [-0.05, 0) is 24.1 Å². The molecule has 0 radical (unpaired) electrons. The van der Waals surface area contributed by atoms with Gasteiger partial charge in [0.2, 0.25) is 11.8 Å². The molecule has 23 heavy (non-hydrogen) atoms. The van der Waals surface area contributed by atoms with Crippen molar-refractivity contribution in [2.45, 2.75) is 25.4 Å². The van der Waals surface area contributed by atoms with E-state index in [0.717, 1.165) is 12.1 Å². The zero-order valence-corrected chi connectivity index (χ0v) is 11.9. The highest BCUT2D eigenvalue weighted by Gasteiger charge is 2.36. The van der Waals surface area contributed by atoms with Gasteiger partial charge in [-0.1, -0.05) is 12.1 Å². The number of rotatable bonds is 4. The summed E-state index contributed by atoms with van der Waals surface area (Å²) in [5.74, 6) is -2.73. The lowest BCUT2D eigenvalue weighted by molar-refractivity contribution is -0.274. The molecule has 1 aliphatic rings. The van der Waals surface area contributed by atoms with Crippen LogP contribution in [0.3, 0.4) is 0 Å². The Morgan fingerprint density at radius 3 is 2.57 bits per heavy atom. The van der Waals surface area contributed by atoms with Crippen LogP contribution in [0.15, 0.2) is 24.3 Å². The fourth-order valence-electron chi connectivity index (χ4n) is 2.20. The van der Waals surface area contributed by atoms with Gasteiger partial charge in [0.1, 0.15) is 11.7 Å². The highest BCUT2D eigenvalue weighted by molar-refractivity contribution is 6.01. The molecular weight excluding hydrogens is 317 g/mol. The second-order valence-electron chi connectivity index (χ2n) is 5.03. The van der Waals surface area contributed by atoms with Gasteiger partial charge >= 0.3 is 6.36 Å². The molecule has 1 saturated heterocycles. The van der Waals surface area contributed by atoms with Gasteiger partial charge in [0, 0.05) is 13.1 Å². The van der Waals surface area contributed by atoms with Gasteiger partial charge in [0.25, 0.3) is 0 Å². The zero-order valence-electron chi connectivity index (χ0n) is 11.9. The van der Waals surface area contributed by atoms with E-state index in [1.54, 1.807) is 0 Å². The van der Waals surface area contributed by atoms with Crippen molar-refractivity contribution in [3.63, 3.8) is 0 Å². The Bertz CT molecular complexity index is 574. The molecule has 1 aromatic carbocycles. The Labute approximate surface area is 129 Å². The third-order valence-corrected chi connectivity index (χ3v) is 3.31. The molecule has 6 nitrogen and oxygen atoms in total. The summed E-state index contributed by atoms with van der Waals surface area (Å²) < 4.78 is 39.8. The van der Waals surface area contributed by atoms with Crippen LogP contribution in [0.4, 0.5) is 13.2 Å². The number of aliphatic hydroxyl groups is 1. The number of carbonyl (C=O) groups is 2. The second-order valence-corrected chi connectivity index (χ2v) is 5.03. The zero-order chi connectivity index (χ0) is 17.0. The molecular formula is C14H15F3N2O4. The summed E-state index contributed by atoms with van der Waals surface area (Å²) in [7, 11) is 0. The highest BCUT2D eigenvalue weighted by Crippen LogP contribution is 2.22. The van der Waals surface area contributed by atoms with Crippen LogP contribution >= 0.6 is 0 Å². The molecule has 1 aromatic rings. The fraction of sp³-hybridized carbons (Fsp3) is 0.429. The number of carbonyl (C=O) groups excluding carboxylic acids is 2. The summed E-state index contributed by atoms with van der Waals surface area (Å²) in [6.07, 6.45) is -5.53. The molecule has 2 atom stereocenters. The smallest absolute Gasteiger partial charge is 0.406 e. The molecule has 2 amide bonds. The molecule has 2 rings (SSSR count). The van der Waals surface area contributed by atoms with Crippen molar-refractivity contribution < 1.29 is 32.6 Å². The van der Waals surface area contributed by atoms with Crippen LogP contribution in [0.5, 0.6) is 5.75 Å². The van der Waals surface area contributed by atoms with E-state index in [9.17, 15) is 27.9 Å². The standard InChI is InChI=1S/C14H15F3N2O4/c15-14(16,17)23-9-3-1-8(2-4-9)7-19-13(22)11-10(20)5-6-18-12(11)21/h1-4,10-11,20H,5-7H2,(H,18,21)(H,19,22). The number of benzene rings is 1. The Morgan fingerprint density at radius 1 is 1.35 bits per heavy atom. The summed E-state index contributed by atoms with van der Waals surface area (Å²) in [6.45, 7) is 0.325.